The molecule has 3 N–H and O–H groups in total. The predicted molar refractivity (Wildman–Crippen MR) is 112 cm³/mol. The first-order valence-electron chi connectivity index (χ1n) is 9.00. The van der Waals surface area contributed by atoms with Gasteiger partial charge >= 0.3 is 5.97 Å². The molecule has 0 amide bonds. The summed E-state index contributed by atoms with van der Waals surface area (Å²) in [6.07, 6.45) is 6.97. The molecule has 0 aliphatic heterocycles. The van der Waals surface area contributed by atoms with Crippen molar-refractivity contribution in [2.45, 2.75) is 4.90 Å². The van der Waals surface area contributed by atoms with Crippen LogP contribution in [0.5, 0.6) is 0 Å². The normalized spacial score (nSPS) is 11.9. The second-order valence-electron chi connectivity index (χ2n) is 6.28. The number of carboxylic acids is 1. The lowest BCUT2D eigenvalue weighted by molar-refractivity contribution is 0.0697. The Morgan fingerprint density at radius 3 is 2.62 bits per heavy atom. The Hall–Kier alpha value is -3.07. The fourth-order valence-electron chi connectivity index (χ4n) is 2.80. The molecule has 150 valence electrons. The summed E-state index contributed by atoms with van der Waals surface area (Å²) in [5.41, 5.74) is 1.14. The molecule has 0 aliphatic carbocycles. The van der Waals surface area contributed by atoms with Crippen LogP contribution in [0, 0.1) is 0 Å². The van der Waals surface area contributed by atoms with Crippen LogP contribution in [0.25, 0.3) is 16.8 Å². The van der Waals surface area contributed by atoms with Gasteiger partial charge in [-0.25, -0.2) is 17.9 Å². The average Bonchev–Trinajstić information content (AvgIpc) is 2.73. The second-order valence-corrected chi connectivity index (χ2v) is 8.02. The molecule has 0 saturated carbocycles. The monoisotopic (exact) mass is 411 g/mol. The molecule has 3 aromatic rings. The Labute approximate surface area is 169 Å². The number of carbonyl (C=O) groups is 1. The van der Waals surface area contributed by atoms with E-state index in [2.05, 4.69) is 15.0 Å². The SMILES string of the molecule is O=C(O)c1ccc(/C=C/CNCCNS(=O)(=O)c2cccc3cnccc23)cc1. The van der Waals surface area contributed by atoms with Crippen LogP contribution in [-0.4, -0.2) is 44.1 Å². The smallest absolute Gasteiger partial charge is 0.335 e. The zero-order valence-electron chi connectivity index (χ0n) is 15.6. The maximum Gasteiger partial charge on any atom is 0.335 e. The first-order chi connectivity index (χ1) is 14.0. The molecule has 0 unspecified atom stereocenters. The fourth-order valence-corrected chi connectivity index (χ4v) is 4.06. The molecule has 0 spiro atoms. The summed E-state index contributed by atoms with van der Waals surface area (Å²) >= 11 is 0. The summed E-state index contributed by atoms with van der Waals surface area (Å²) in [5, 5.41) is 13.4. The number of hydrogen-bond acceptors (Lipinski definition) is 5. The zero-order valence-corrected chi connectivity index (χ0v) is 16.4. The van der Waals surface area contributed by atoms with Gasteiger partial charge in [-0.15, -0.1) is 0 Å². The van der Waals surface area contributed by atoms with Gasteiger partial charge in [0.15, 0.2) is 0 Å². The number of sulfonamides is 1. The summed E-state index contributed by atoms with van der Waals surface area (Å²) in [6, 6.07) is 13.4. The topological polar surface area (TPSA) is 108 Å². The van der Waals surface area contributed by atoms with E-state index >= 15 is 0 Å². The van der Waals surface area contributed by atoms with Crippen molar-refractivity contribution >= 4 is 32.8 Å². The van der Waals surface area contributed by atoms with Crippen LogP contribution in [0.2, 0.25) is 0 Å². The molecule has 0 bridgehead atoms. The number of fused-ring (bicyclic) bond motifs is 1. The molecular formula is C21H21N3O4S. The van der Waals surface area contributed by atoms with Gasteiger partial charge in [0.1, 0.15) is 0 Å². The number of nitrogens with zero attached hydrogens (tertiary/aromatic N) is 1. The number of pyridine rings is 1. The van der Waals surface area contributed by atoms with Gasteiger partial charge in [-0.05, 0) is 29.8 Å². The highest BCUT2D eigenvalue weighted by atomic mass is 32.2. The molecular weight excluding hydrogens is 390 g/mol. The van der Waals surface area contributed by atoms with Gasteiger partial charge in [-0.1, -0.05) is 36.4 Å². The van der Waals surface area contributed by atoms with E-state index in [0.29, 0.717) is 18.5 Å². The van der Waals surface area contributed by atoms with Crippen LogP contribution in [0.3, 0.4) is 0 Å². The van der Waals surface area contributed by atoms with Gasteiger partial charge in [0.25, 0.3) is 0 Å². The van der Waals surface area contributed by atoms with Crippen molar-refractivity contribution < 1.29 is 18.3 Å². The summed E-state index contributed by atoms with van der Waals surface area (Å²) in [4.78, 5) is 15.1. The van der Waals surface area contributed by atoms with Crippen molar-refractivity contribution in [1.29, 1.82) is 0 Å². The molecule has 0 aliphatic rings. The number of aromatic carboxylic acids is 1. The molecule has 29 heavy (non-hydrogen) atoms. The highest BCUT2D eigenvalue weighted by Crippen LogP contribution is 2.21. The van der Waals surface area contributed by atoms with E-state index in [1.165, 1.54) is 0 Å². The van der Waals surface area contributed by atoms with E-state index < -0.39 is 16.0 Å². The predicted octanol–water partition coefficient (Wildman–Crippen LogP) is 2.51. The van der Waals surface area contributed by atoms with Crippen LogP contribution in [-0.2, 0) is 10.0 Å². The maximum atomic E-state index is 12.6. The minimum Gasteiger partial charge on any atom is -0.478 e. The molecule has 2 aromatic carbocycles. The van der Waals surface area contributed by atoms with E-state index in [4.69, 9.17) is 5.11 Å². The van der Waals surface area contributed by atoms with Gasteiger partial charge in [0.2, 0.25) is 10.0 Å². The molecule has 1 heterocycles. The second kappa shape index (κ2) is 9.42. The number of benzene rings is 2. The fraction of sp³-hybridized carbons (Fsp3) is 0.143. The third-order valence-electron chi connectivity index (χ3n) is 4.25. The lowest BCUT2D eigenvalue weighted by Crippen LogP contribution is -2.32. The molecule has 7 nitrogen and oxygen atoms in total. The highest BCUT2D eigenvalue weighted by molar-refractivity contribution is 7.89. The zero-order chi connectivity index (χ0) is 20.7. The van der Waals surface area contributed by atoms with E-state index in [1.54, 1.807) is 54.9 Å². The number of nitrogens with one attached hydrogen (secondary N) is 2. The Balaban J connectivity index is 1.47. The van der Waals surface area contributed by atoms with Crippen LogP contribution in [0.15, 0.2) is 71.9 Å². The van der Waals surface area contributed by atoms with Crippen molar-refractivity contribution in [2.75, 3.05) is 19.6 Å². The van der Waals surface area contributed by atoms with E-state index in [-0.39, 0.29) is 17.0 Å². The molecule has 1 aromatic heterocycles. The van der Waals surface area contributed by atoms with E-state index in [1.807, 2.05) is 18.2 Å². The van der Waals surface area contributed by atoms with Crippen molar-refractivity contribution in [1.82, 2.24) is 15.0 Å². The van der Waals surface area contributed by atoms with Gasteiger partial charge in [0, 0.05) is 42.8 Å². The molecule has 0 fully saturated rings. The highest BCUT2D eigenvalue weighted by Gasteiger charge is 2.16. The number of aromatic nitrogens is 1. The Morgan fingerprint density at radius 1 is 1.07 bits per heavy atom. The van der Waals surface area contributed by atoms with E-state index in [9.17, 15) is 13.2 Å². The van der Waals surface area contributed by atoms with Gasteiger partial charge in [-0.2, -0.15) is 0 Å². The standard InChI is InChI=1S/C21H21N3O4S/c25-21(26)17-8-6-16(7-9-17)3-2-11-22-13-14-24-29(27,28)20-5-1-4-18-15-23-12-10-19(18)20/h1-10,12,15,22,24H,11,13-14H2,(H,25,26)/b3-2+. The Morgan fingerprint density at radius 2 is 1.86 bits per heavy atom. The number of carboxylic acid groups (broad SMARTS) is 1. The molecule has 0 radical (unpaired) electrons. The lowest BCUT2D eigenvalue weighted by atomic mass is 10.1. The largest absolute Gasteiger partial charge is 0.478 e. The summed E-state index contributed by atoms with van der Waals surface area (Å²) in [7, 11) is -3.62. The van der Waals surface area contributed by atoms with Crippen molar-refractivity contribution in [3.8, 4) is 0 Å². The van der Waals surface area contributed by atoms with E-state index in [0.717, 1.165) is 10.9 Å². The van der Waals surface area contributed by atoms with Crippen molar-refractivity contribution in [3.63, 3.8) is 0 Å². The molecule has 8 heteroatoms. The molecule has 0 saturated heterocycles. The molecule has 3 rings (SSSR count). The third kappa shape index (κ3) is 5.47. The Bertz CT molecular complexity index is 1120. The van der Waals surface area contributed by atoms with Gasteiger partial charge in [0.05, 0.1) is 10.5 Å². The van der Waals surface area contributed by atoms with Crippen molar-refractivity contribution in [3.05, 3.63) is 78.1 Å². The number of rotatable bonds is 9. The third-order valence-corrected chi connectivity index (χ3v) is 5.77. The first kappa shape index (κ1) is 20.7. The minimum atomic E-state index is -3.62. The minimum absolute atomic E-state index is 0.238. The van der Waals surface area contributed by atoms with Gasteiger partial charge < -0.3 is 10.4 Å². The van der Waals surface area contributed by atoms with Crippen LogP contribution in [0.1, 0.15) is 15.9 Å². The summed E-state index contributed by atoms with van der Waals surface area (Å²) < 4.78 is 27.8. The molecule has 0 atom stereocenters. The quantitative estimate of drug-likeness (QED) is 0.467. The van der Waals surface area contributed by atoms with Crippen LogP contribution >= 0.6 is 0 Å². The van der Waals surface area contributed by atoms with Crippen LogP contribution in [0.4, 0.5) is 0 Å². The maximum absolute atomic E-state index is 12.6. The Kier molecular flexibility index (Phi) is 6.71. The van der Waals surface area contributed by atoms with Crippen LogP contribution < -0.4 is 10.0 Å². The van der Waals surface area contributed by atoms with Crippen molar-refractivity contribution in [2.24, 2.45) is 0 Å². The first-order valence-corrected chi connectivity index (χ1v) is 10.5. The lowest BCUT2D eigenvalue weighted by Gasteiger charge is -2.09. The average molecular weight is 411 g/mol. The summed E-state index contributed by atoms with van der Waals surface area (Å²) in [6.45, 7) is 1.28. The summed E-state index contributed by atoms with van der Waals surface area (Å²) in [5.74, 6) is -0.954. The number of hydrogen-bond donors (Lipinski definition) is 3. The van der Waals surface area contributed by atoms with Gasteiger partial charge in [-0.3, -0.25) is 4.98 Å².